The Labute approximate surface area is 118 Å². The maximum atomic E-state index is 12.2. The van der Waals surface area contributed by atoms with E-state index < -0.39 is 10.0 Å². The lowest BCUT2D eigenvalue weighted by Gasteiger charge is -2.26. The third-order valence-electron chi connectivity index (χ3n) is 3.30. The summed E-state index contributed by atoms with van der Waals surface area (Å²) in [6, 6.07) is 4.36. The van der Waals surface area contributed by atoms with Crippen LogP contribution in [0.2, 0.25) is 0 Å². The van der Waals surface area contributed by atoms with Crippen molar-refractivity contribution in [2.24, 2.45) is 0 Å². The minimum Gasteiger partial charge on any atom is -0.482 e. The van der Waals surface area contributed by atoms with Gasteiger partial charge in [-0.15, -0.1) is 0 Å². The van der Waals surface area contributed by atoms with E-state index in [0.29, 0.717) is 17.9 Å². The van der Waals surface area contributed by atoms with Crippen LogP contribution in [0.15, 0.2) is 23.1 Å². The number of likely N-dealkylation sites (N-methyl/N-ethyl adjacent to an activating group) is 1. The van der Waals surface area contributed by atoms with Gasteiger partial charge in [-0.2, -0.15) is 0 Å². The summed E-state index contributed by atoms with van der Waals surface area (Å²) in [4.78, 5) is 13.1. The van der Waals surface area contributed by atoms with Crippen molar-refractivity contribution in [1.29, 1.82) is 0 Å². The van der Waals surface area contributed by atoms with Crippen LogP contribution in [0.5, 0.6) is 5.75 Å². The fourth-order valence-corrected chi connectivity index (χ4v) is 3.18. The van der Waals surface area contributed by atoms with Crippen LogP contribution in [-0.4, -0.2) is 34.0 Å². The minimum atomic E-state index is -3.59. The molecule has 0 radical (unpaired) electrons. The standard InChI is InChI=1S/C13H18N2O4S/c1-4-9(2)14-20(17,18)10-5-6-12-11(7-10)15(3)13(16)8-19-12/h5-7,9,14H,4,8H2,1-3H3. The van der Waals surface area contributed by atoms with Crippen LogP contribution in [0.1, 0.15) is 20.3 Å². The van der Waals surface area contributed by atoms with Crippen molar-refractivity contribution in [3.63, 3.8) is 0 Å². The number of ether oxygens (including phenoxy) is 1. The largest absolute Gasteiger partial charge is 0.482 e. The molecule has 7 heteroatoms. The number of hydrogen-bond donors (Lipinski definition) is 1. The molecule has 1 aliphatic rings. The van der Waals surface area contributed by atoms with E-state index >= 15 is 0 Å². The van der Waals surface area contributed by atoms with Gasteiger partial charge in [0, 0.05) is 13.1 Å². The third kappa shape index (κ3) is 2.78. The second-order valence-corrected chi connectivity index (χ2v) is 6.52. The quantitative estimate of drug-likeness (QED) is 0.903. The van der Waals surface area contributed by atoms with Crippen LogP contribution < -0.4 is 14.4 Å². The summed E-state index contributed by atoms with van der Waals surface area (Å²) < 4.78 is 32.3. The second kappa shape index (κ2) is 5.41. The predicted octanol–water partition coefficient (Wildman–Crippen LogP) is 1.12. The van der Waals surface area contributed by atoms with Gasteiger partial charge in [0.1, 0.15) is 5.75 Å². The first kappa shape index (κ1) is 14.8. The van der Waals surface area contributed by atoms with E-state index in [-0.39, 0.29) is 23.5 Å². The van der Waals surface area contributed by atoms with E-state index in [0.717, 1.165) is 0 Å². The van der Waals surface area contributed by atoms with Gasteiger partial charge in [-0.05, 0) is 31.5 Å². The van der Waals surface area contributed by atoms with Crippen molar-refractivity contribution < 1.29 is 17.9 Å². The van der Waals surface area contributed by atoms with Crippen LogP contribution in [0.25, 0.3) is 0 Å². The third-order valence-corrected chi connectivity index (χ3v) is 4.88. The first-order chi connectivity index (χ1) is 9.35. The molecule has 0 saturated carbocycles. The molecular weight excluding hydrogens is 280 g/mol. The average Bonchev–Trinajstić information content (AvgIpc) is 2.42. The van der Waals surface area contributed by atoms with Crippen molar-refractivity contribution in [2.75, 3.05) is 18.6 Å². The van der Waals surface area contributed by atoms with E-state index in [4.69, 9.17) is 4.74 Å². The van der Waals surface area contributed by atoms with E-state index in [9.17, 15) is 13.2 Å². The highest BCUT2D eigenvalue weighted by Crippen LogP contribution is 2.33. The highest BCUT2D eigenvalue weighted by atomic mass is 32.2. The number of nitrogens with one attached hydrogen (secondary N) is 1. The molecule has 1 aliphatic heterocycles. The molecule has 110 valence electrons. The lowest BCUT2D eigenvalue weighted by Crippen LogP contribution is -2.36. The summed E-state index contributed by atoms with van der Waals surface area (Å²) in [5, 5.41) is 0. The average molecular weight is 298 g/mol. The molecule has 0 aliphatic carbocycles. The van der Waals surface area contributed by atoms with Crippen molar-refractivity contribution in [1.82, 2.24) is 4.72 Å². The molecule has 0 aromatic heterocycles. The maximum Gasteiger partial charge on any atom is 0.264 e. The molecular formula is C13H18N2O4S. The van der Waals surface area contributed by atoms with Crippen LogP contribution in [0.4, 0.5) is 5.69 Å². The van der Waals surface area contributed by atoms with Crippen LogP contribution in [0, 0.1) is 0 Å². The van der Waals surface area contributed by atoms with Crippen LogP contribution in [0.3, 0.4) is 0 Å². The summed E-state index contributed by atoms with van der Waals surface area (Å²) in [7, 11) is -1.99. The Balaban J connectivity index is 2.38. The number of nitrogens with zero attached hydrogens (tertiary/aromatic N) is 1. The molecule has 1 heterocycles. The SMILES string of the molecule is CCC(C)NS(=O)(=O)c1ccc2c(c1)N(C)C(=O)CO2. The molecule has 1 amide bonds. The van der Waals surface area contributed by atoms with Gasteiger partial charge >= 0.3 is 0 Å². The summed E-state index contributed by atoms with van der Waals surface area (Å²) in [6.07, 6.45) is 0.700. The Morgan fingerprint density at radius 3 is 2.80 bits per heavy atom. The number of fused-ring (bicyclic) bond motifs is 1. The normalized spacial score (nSPS) is 16.6. The zero-order valence-corrected chi connectivity index (χ0v) is 12.5. The molecule has 0 fully saturated rings. The lowest BCUT2D eigenvalue weighted by molar-refractivity contribution is -0.120. The minimum absolute atomic E-state index is 0.0271. The first-order valence-electron chi connectivity index (χ1n) is 6.41. The number of benzene rings is 1. The first-order valence-corrected chi connectivity index (χ1v) is 7.89. The summed E-state index contributed by atoms with van der Waals surface area (Å²) in [5.74, 6) is 0.302. The molecule has 2 rings (SSSR count). The zero-order valence-electron chi connectivity index (χ0n) is 11.7. The summed E-state index contributed by atoms with van der Waals surface area (Å²) >= 11 is 0. The fraction of sp³-hybridized carbons (Fsp3) is 0.462. The Bertz CT molecular complexity index is 627. The van der Waals surface area contributed by atoms with Crippen LogP contribution in [-0.2, 0) is 14.8 Å². The Kier molecular flexibility index (Phi) is 4.01. The number of amides is 1. The smallest absolute Gasteiger partial charge is 0.264 e. The molecule has 0 spiro atoms. The molecule has 0 bridgehead atoms. The zero-order chi connectivity index (χ0) is 14.9. The maximum absolute atomic E-state index is 12.2. The molecule has 1 N–H and O–H groups in total. The molecule has 20 heavy (non-hydrogen) atoms. The lowest BCUT2D eigenvalue weighted by atomic mass is 10.2. The molecule has 1 aromatic rings. The van der Waals surface area contributed by atoms with Crippen molar-refractivity contribution in [3.05, 3.63) is 18.2 Å². The van der Waals surface area contributed by atoms with Crippen molar-refractivity contribution in [2.45, 2.75) is 31.2 Å². The predicted molar refractivity (Wildman–Crippen MR) is 75.4 cm³/mol. The van der Waals surface area contributed by atoms with E-state index in [1.54, 1.807) is 20.0 Å². The Morgan fingerprint density at radius 2 is 2.15 bits per heavy atom. The van der Waals surface area contributed by atoms with E-state index in [1.807, 2.05) is 6.92 Å². The number of anilines is 1. The van der Waals surface area contributed by atoms with Gasteiger partial charge in [0.2, 0.25) is 10.0 Å². The molecule has 1 unspecified atom stereocenters. The number of carbonyl (C=O) groups excluding carboxylic acids is 1. The van der Waals surface area contributed by atoms with Gasteiger partial charge in [-0.3, -0.25) is 4.79 Å². The molecule has 1 aromatic carbocycles. The Morgan fingerprint density at radius 1 is 1.45 bits per heavy atom. The molecule has 6 nitrogen and oxygen atoms in total. The van der Waals surface area contributed by atoms with Crippen LogP contribution >= 0.6 is 0 Å². The number of carbonyl (C=O) groups is 1. The van der Waals surface area contributed by atoms with Gasteiger partial charge in [0.15, 0.2) is 6.61 Å². The monoisotopic (exact) mass is 298 g/mol. The summed E-state index contributed by atoms with van der Waals surface area (Å²) in [6.45, 7) is 3.68. The van der Waals surface area contributed by atoms with Gasteiger partial charge in [-0.1, -0.05) is 6.92 Å². The second-order valence-electron chi connectivity index (χ2n) is 4.80. The van der Waals surface area contributed by atoms with Gasteiger partial charge in [0.25, 0.3) is 5.91 Å². The number of rotatable bonds is 4. The molecule has 0 saturated heterocycles. The van der Waals surface area contributed by atoms with Crippen molar-refractivity contribution in [3.8, 4) is 5.75 Å². The van der Waals surface area contributed by atoms with Gasteiger partial charge in [-0.25, -0.2) is 13.1 Å². The number of sulfonamides is 1. The Hall–Kier alpha value is -1.60. The number of hydrogen-bond acceptors (Lipinski definition) is 4. The fourth-order valence-electron chi connectivity index (χ4n) is 1.84. The van der Waals surface area contributed by atoms with E-state index in [1.165, 1.54) is 17.0 Å². The highest BCUT2D eigenvalue weighted by Gasteiger charge is 2.25. The van der Waals surface area contributed by atoms with Gasteiger partial charge < -0.3 is 9.64 Å². The van der Waals surface area contributed by atoms with Gasteiger partial charge in [0.05, 0.1) is 10.6 Å². The summed E-state index contributed by atoms with van der Waals surface area (Å²) in [5.41, 5.74) is 0.466. The van der Waals surface area contributed by atoms with Crippen molar-refractivity contribution >= 4 is 21.6 Å². The molecule has 1 atom stereocenters. The van der Waals surface area contributed by atoms with E-state index in [2.05, 4.69) is 4.72 Å². The highest BCUT2D eigenvalue weighted by molar-refractivity contribution is 7.89. The topological polar surface area (TPSA) is 75.7 Å².